The number of Topliss-reactive ketones (excluding diaryl/α,β-unsaturated/α-hetero) is 1. The van der Waals surface area contributed by atoms with E-state index in [1.54, 1.807) is 13.3 Å². The Bertz CT molecular complexity index is 785. The Balaban J connectivity index is 1.49. The summed E-state index contributed by atoms with van der Waals surface area (Å²) in [6.45, 7) is 1.53. The summed E-state index contributed by atoms with van der Waals surface area (Å²) in [5, 5.41) is 3.25. The molecule has 4 rings (SSSR count). The maximum Gasteiger partial charge on any atom is 0.222 e. The third-order valence-corrected chi connectivity index (χ3v) is 5.14. The molecule has 2 aromatic rings. The van der Waals surface area contributed by atoms with Gasteiger partial charge < -0.3 is 14.8 Å². The number of carbonyl (C=O) groups is 1. The van der Waals surface area contributed by atoms with Crippen LogP contribution in [0.1, 0.15) is 46.8 Å². The number of ketones is 1. The van der Waals surface area contributed by atoms with E-state index in [0.717, 1.165) is 42.9 Å². The second kappa shape index (κ2) is 7.41. The van der Waals surface area contributed by atoms with Gasteiger partial charge in [-0.15, -0.1) is 0 Å². The van der Waals surface area contributed by atoms with Crippen LogP contribution in [0.4, 0.5) is 5.95 Å². The van der Waals surface area contributed by atoms with E-state index in [2.05, 4.69) is 15.3 Å². The van der Waals surface area contributed by atoms with Crippen molar-refractivity contribution in [3.8, 4) is 5.75 Å². The number of methoxy groups -OCH3 is 1. The van der Waals surface area contributed by atoms with E-state index >= 15 is 0 Å². The van der Waals surface area contributed by atoms with Crippen LogP contribution < -0.4 is 10.1 Å². The molecular weight excluding hydrogens is 330 g/mol. The summed E-state index contributed by atoms with van der Waals surface area (Å²) in [6.07, 6.45) is 5.29. The molecule has 136 valence electrons. The predicted molar refractivity (Wildman–Crippen MR) is 97.9 cm³/mol. The monoisotopic (exact) mass is 353 g/mol. The van der Waals surface area contributed by atoms with Gasteiger partial charge in [-0.1, -0.05) is 12.1 Å². The topological polar surface area (TPSA) is 73.3 Å². The van der Waals surface area contributed by atoms with E-state index in [4.69, 9.17) is 9.47 Å². The fourth-order valence-electron chi connectivity index (χ4n) is 3.65. The Morgan fingerprint density at radius 2 is 2.12 bits per heavy atom. The Morgan fingerprint density at radius 3 is 2.85 bits per heavy atom. The second-order valence-corrected chi connectivity index (χ2v) is 6.87. The highest BCUT2D eigenvalue weighted by atomic mass is 16.5. The van der Waals surface area contributed by atoms with Crippen molar-refractivity contribution in [3.63, 3.8) is 0 Å². The van der Waals surface area contributed by atoms with E-state index in [0.29, 0.717) is 24.5 Å². The number of ether oxygens (including phenoxy) is 2. The van der Waals surface area contributed by atoms with Gasteiger partial charge in [-0.2, -0.15) is 0 Å². The van der Waals surface area contributed by atoms with Gasteiger partial charge in [0.2, 0.25) is 5.95 Å². The number of aromatic nitrogens is 2. The molecule has 26 heavy (non-hydrogen) atoms. The quantitative estimate of drug-likeness (QED) is 0.891. The second-order valence-electron chi connectivity index (χ2n) is 6.87. The van der Waals surface area contributed by atoms with Gasteiger partial charge in [-0.25, -0.2) is 9.97 Å². The zero-order valence-corrected chi connectivity index (χ0v) is 14.9. The first-order valence-electron chi connectivity index (χ1n) is 9.11. The Hall–Kier alpha value is -2.47. The molecule has 0 unspecified atom stereocenters. The molecule has 0 amide bonds. The van der Waals surface area contributed by atoms with Crippen LogP contribution in [-0.2, 0) is 11.2 Å². The molecule has 1 fully saturated rings. The van der Waals surface area contributed by atoms with Gasteiger partial charge >= 0.3 is 0 Å². The summed E-state index contributed by atoms with van der Waals surface area (Å²) in [7, 11) is 1.65. The Morgan fingerprint density at radius 1 is 1.27 bits per heavy atom. The fraction of sp³-hybridized carbons (Fsp3) is 0.450. The molecule has 0 radical (unpaired) electrons. The van der Waals surface area contributed by atoms with Gasteiger partial charge in [0.1, 0.15) is 5.75 Å². The Labute approximate surface area is 153 Å². The number of nitrogens with one attached hydrogen (secondary N) is 1. The number of fused-ring (bicyclic) bond motifs is 1. The standard InChI is InChI=1S/C20H23N3O3/c1-25-15-6-4-13(5-7-15)14-9-18-17(19(24)10-14)12-22-20(23-18)21-11-16-3-2-8-26-16/h4-7,12,14,16H,2-3,8-11H2,1H3,(H,21,22,23)/t14-,16-/m0/s1. The average Bonchev–Trinajstić information content (AvgIpc) is 3.20. The summed E-state index contributed by atoms with van der Waals surface area (Å²) < 4.78 is 10.8. The van der Waals surface area contributed by atoms with Crippen molar-refractivity contribution in [3.05, 3.63) is 47.3 Å². The lowest BCUT2D eigenvalue weighted by molar-refractivity contribution is 0.0962. The first-order valence-corrected chi connectivity index (χ1v) is 9.11. The highest BCUT2D eigenvalue weighted by Gasteiger charge is 2.28. The first-order chi connectivity index (χ1) is 12.7. The summed E-state index contributed by atoms with van der Waals surface area (Å²) in [5.74, 6) is 1.64. The van der Waals surface area contributed by atoms with Gasteiger partial charge in [0.25, 0.3) is 0 Å². The third kappa shape index (κ3) is 3.55. The van der Waals surface area contributed by atoms with Crippen molar-refractivity contribution in [1.29, 1.82) is 0 Å². The number of benzene rings is 1. The lowest BCUT2D eigenvalue weighted by Gasteiger charge is -2.23. The van der Waals surface area contributed by atoms with E-state index in [9.17, 15) is 4.79 Å². The summed E-state index contributed by atoms with van der Waals surface area (Å²) in [5.41, 5.74) is 2.61. The highest BCUT2D eigenvalue weighted by molar-refractivity contribution is 5.98. The minimum Gasteiger partial charge on any atom is -0.497 e. The number of carbonyl (C=O) groups excluding carboxylic acids is 1. The SMILES string of the molecule is COc1ccc([C@@H]2CC(=O)c3cnc(NC[C@@H]4CCCO4)nc3C2)cc1. The van der Waals surface area contributed by atoms with Crippen LogP contribution in [0.15, 0.2) is 30.5 Å². The minimum atomic E-state index is 0.109. The summed E-state index contributed by atoms with van der Waals surface area (Å²) in [6, 6.07) is 7.92. The largest absolute Gasteiger partial charge is 0.497 e. The van der Waals surface area contributed by atoms with Crippen LogP contribution in [0, 0.1) is 0 Å². The highest BCUT2D eigenvalue weighted by Crippen LogP contribution is 2.32. The van der Waals surface area contributed by atoms with Crippen molar-refractivity contribution < 1.29 is 14.3 Å². The molecule has 0 saturated carbocycles. The van der Waals surface area contributed by atoms with Gasteiger partial charge in [-0.05, 0) is 42.9 Å². The third-order valence-electron chi connectivity index (χ3n) is 5.14. The number of hydrogen-bond donors (Lipinski definition) is 1. The molecule has 2 atom stereocenters. The minimum absolute atomic E-state index is 0.109. The van der Waals surface area contributed by atoms with Crippen molar-refractivity contribution in [2.45, 2.75) is 37.7 Å². The molecule has 1 saturated heterocycles. The summed E-state index contributed by atoms with van der Waals surface area (Å²) in [4.78, 5) is 21.4. The Kier molecular flexibility index (Phi) is 4.84. The molecule has 1 aliphatic heterocycles. The molecule has 1 N–H and O–H groups in total. The average molecular weight is 353 g/mol. The molecule has 2 aliphatic rings. The number of anilines is 1. The van der Waals surface area contributed by atoms with Crippen LogP contribution in [0.25, 0.3) is 0 Å². The van der Waals surface area contributed by atoms with Gasteiger partial charge in [0, 0.05) is 25.8 Å². The molecule has 1 aromatic carbocycles. The molecule has 1 aromatic heterocycles. The first kappa shape index (κ1) is 17.0. The van der Waals surface area contributed by atoms with Crippen molar-refractivity contribution in [2.24, 2.45) is 0 Å². The van der Waals surface area contributed by atoms with E-state index < -0.39 is 0 Å². The van der Waals surface area contributed by atoms with Crippen molar-refractivity contribution in [1.82, 2.24) is 9.97 Å². The molecular formula is C20H23N3O3. The van der Waals surface area contributed by atoms with Crippen LogP contribution in [-0.4, -0.2) is 42.1 Å². The number of rotatable bonds is 5. The van der Waals surface area contributed by atoms with Gasteiger partial charge in [0.15, 0.2) is 5.78 Å². The lowest BCUT2D eigenvalue weighted by atomic mass is 9.82. The van der Waals surface area contributed by atoms with Crippen LogP contribution in [0.3, 0.4) is 0 Å². The zero-order valence-electron chi connectivity index (χ0n) is 14.9. The molecule has 6 heteroatoms. The normalized spacial score (nSPS) is 22.1. The van der Waals surface area contributed by atoms with Gasteiger partial charge in [-0.3, -0.25) is 4.79 Å². The molecule has 1 aliphatic carbocycles. The van der Waals surface area contributed by atoms with Crippen molar-refractivity contribution in [2.75, 3.05) is 25.6 Å². The molecule has 2 heterocycles. The van der Waals surface area contributed by atoms with Crippen LogP contribution in [0.5, 0.6) is 5.75 Å². The zero-order chi connectivity index (χ0) is 17.9. The van der Waals surface area contributed by atoms with Crippen molar-refractivity contribution >= 4 is 11.7 Å². The maximum absolute atomic E-state index is 12.5. The maximum atomic E-state index is 12.5. The van der Waals surface area contributed by atoms with Crippen LogP contribution >= 0.6 is 0 Å². The molecule has 0 spiro atoms. The molecule has 6 nitrogen and oxygen atoms in total. The number of hydrogen-bond acceptors (Lipinski definition) is 6. The van der Waals surface area contributed by atoms with E-state index in [1.165, 1.54) is 0 Å². The van der Waals surface area contributed by atoms with Gasteiger partial charge in [0.05, 0.1) is 24.5 Å². The lowest BCUT2D eigenvalue weighted by Crippen LogP contribution is -2.23. The number of nitrogens with zero attached hydrogens (tertiary/aromatic N) is 2. The molecule has 0 bridgehead atoms. The predicted octanol–water partition coefficient (Wildman–Crippen LogP) is 2.99. The smallest absolute Gasteiger partial charge is 0.222 e. The van der Waals surface area contributed by atoms with Crippen LogP contribution in [0.2, 0.25) is 0 Å². The van der Waals surface area contributed by atoms with E-state index in [1.807, 2.05) is 24.3 Å². The fourth-order valence-corrected chi connectivity index (χ4v) is 3.65. The van der Waals surface area contributed by atoms with E-state index in [-0.39, 0.29) is 17.8 Å². The summed E-state index contributed by atoms with van der Waals surface area (Å²) >= 11 is 0.